The molecule has 0 aromatic carbocycles. The summed E-state index contributed by atoms with van der Waals surface area (Å²) in [6, 6.07) is 0. The molecule has 0 saturated carbocycles. The van der Waals surface area contributed by atoms with Gasteiger partial charge in [-0.25, -0.2) is 0 Å². The predicted octanol–water partition coefficient (Wildman–Crippen LogP) is 2.53. The van der Waals surface area contributed by atoms with Crippen molar-refractivity contribution in [1.82, 2.24) is 0 Å². The Morgan fingerprint density at radius 2 is 2.25 bits per heavy atom. The summed E-state index contributed by atoms with van der Waals surface area (Å²) >= 11 is 8.95. The second kappa shape index (κ2) is 5.83. The third-order valence-corrected chi connectivity index (χ3v) is 2.06. The molecule has 0 amide bonds. The van der Waals surface area contributed by atoms with Crippen LogP contribution in [0.3, 0.4) is 0 Å². The van der Waals surface area contributed by atoms with E-state index >= 15 is 0 Å². The molecule has 0 bridgehead atoms. The first-order chi connectivity index (χ1) is 3.81. The van der Waals surface area contributed by atoms with E-state index < -0.39 is 0 Å². The molecule has 1 radical (unpaired) electrons. The molecule has 0 aliphatic heterocycles. The maximum atomic E-state index is 4.79. The molecule has 0 spiro atoms. The highest BCUT2D eigenvalue weighted by Crippen LogP contribution is 2.06. The van der Waals surface area contributed by atoms with Gasteiger partial charge in [0.1, 0.15) is 0 Å². The second-order valence-corrected chi connectivity index (χ2v) is 2.91. The quantitative estimate of drug-likeness (QED) is 0.583. The fraction of sp³-hybridized carbons (Fsp3) is 1.00. The minimum absolute atomic E-state index is 0.751. The Morgan fingerprint density at radius 1 is 1.62 bits per heavy atom. The molecule has 0 saturated heterocycles. The first kappa shape index (κ1) is 8.70. The Morgan fingerprint density at radius 3 is 2.62 bits per heavy atom. The van der Waals surface area contributed by atoms with Crippen molar-refractivity contribution in [1.29, 1.82) is 0 Å². The van der Waals surface area contributed by atoms with E-state index in [0.717, 1.165) is 17.4 Å². The van der Waals surface area contributed by atoms with Crippen molar-refractivity contribution in [3.8, 4) is 0 Å². The molecule has 49 valence electrons. The Kier molecular flexibility index (Phi) is 6.34. The first-order valence-electron chi connectivity index (χ1n) is 3.00. The highest BCUT2D eigenvalue weighted by atomic mass is 32.1. The Bertz CT molecular complexity index is 45.8. The van der Waals surface area contributed by atoms with Crippen LogP contribution >= 0.6 is 25.3 Å². The summed E-state index contributed by atoms with van der Waals surface area (Å²) in [7, 11) is 0. The zero-order chi connectivity index (χ0) is 6.41. The minimum Gasteiger partial charge on any atom is -0.179 e. The lowest BCUT2D eigenvalue weighted by molar-refractivity contribution is 0.590. The van der Waals surface area contributed by atoms with E-state index in [4.69, 9.17) is 12.6 Å². The van der Waals surface area contributed by atoms with E-state index in [-0.39, 0.29) is 0 Å². The summed E-state index contributed by atoms with van der Waals surface area (Å²) in [6.45, 7) is 2.21. The fourth-order valence-electron chi connectivity index (χ4n) is 0.523. The lowest BCUT2D eigenvalue weighted by atomic mass is 10.1. The third kappa shape index (κ3) is 4.85. The molecular formula is C6H13S2. The average Bonchev–Trinajstić information content (AvgIpc) is 1.83. The summed E-state index contributed by atoms with van der Waals surface area (Å²) in [6.07, 6.45) is 2.42. The number of rotatable bonds is 4. The van der Waals surface area contributed by atoms with E-state index in [2.05, 4.69) is 19.6 Å². The van der Waals surface area contributed by atoms with Crippen LogP contribution in [-0.2, 0) is 0 Å². The van der Waals surface area contributed by atoms with Crippen LogP contribution < -0.4 is 0 Å². The molecule has 0 fully saturated rings. The van der Waals surface area contributed by atoms with Gasteiger partial charge in [0.15, 0.2) is 0 Å². The van der Waals surface area contributed by atoms with Gasteiger partial charge in [0.2, 0.25) is 0 Å². The van der Waals surface area contributed by atoms with Gasteiger partial charge < -0.3 is 0 Å². The largest absolute Gasteiger partial charge is 0.179 e. The highest BCUT2D eigenvalue weighted by Gasteiger charge is 1.95. The lowest BCUT2D eigenvalue weighted by Crippen LogP contribution is -1.95. The monoisotopic (exact) mass is 149 g/mol. The van der Waals surface area contributed by atoms with Crippen molar-refractivity contribution >= 4 is 25.3 Å². The van der Waals surface area contributed by atoms with Crippen molar-refractivity contribution in [3.63, 3.8) is 0 Å². The molecule has 8 heavy (non-hydrogen) atoms. The summed E-state index contributed by atoms with van der Waals surface area (Å²) < 4.78 is 0. The van der Waals surface area contributed by atoms with Gasteiger partial charge in [-0.05, 0) is 24.5 Å². The van der Waals surface area contributed by atoms with E-state index in [0.29, 0.717) is 0 Å². The highest BCUT2D eigenvalue weighted by molar-refractivity contribution is 7.80. The minimum atomic E-state index is 0.751. The smallest absolute Gasteiger partial charge is 0.00370 e. The Hall–Kier alpha value is 0.700. The van der Waals surface area contributed by atoms with Crippen molar-refractivity contribution < 1.29 is 0 Å². The van der Waals surface area contributed by atoms with Crippen LogP contribution in [0.25, 0.3) is 0 Å². The zero-order valence-electron chi connectivity index (χ0n) is 5.26. The summed E-state index contributed by atoms with van der Waals surface area (Å²) in [4.78, 5) is 0. The van der Waals surface area contributed by atoms with Crippen molar-refractivity contribution in [2.45, 2.75) is 19.8 Å². The van der Waals surface area contributed by atoms with E-state index in [1.54, 1.807) is 0 Å². The van der Waals surface area contributed by atoms with E-state index in [1.807, 2.05) is 0 Å². The third-order valence-electron chi connectivity index (χ3n) is 1.15. The molecule has 0 nitrogen and oxygen atoms in total. The van der Waals surface area contributed by atoms with Crippen molar-refractivity contribution in [2.24, 2.45) is 5.92 Å². The van der Waals surface area contributed by atoms with Crippen LogP contribution in [0.1, 0.15) is 19.8 Å². The molecule has 0 aliphatic carbocycles. The second-order valence-electron chi connectivity index (χ2n) is 2.13. The SMILES string of the molecule is CC(CS)CCC[S]. The summed E-state index contributed by atoms with van der Waals surface area (Å²) in [5.41, 5.74) is 0. The zero-order valence-corrected chi connectivity index (χ0v) is 6.97. The maximum Gasteiger partial charge on any atom is 0.00370 e. The molecule has 1 unspecified atom stereocenters. The van der Waals surface area contributed by atoms with Gasteiger partial charge >= 0.3 is 0 Å². The summed E-state index contributed by atoms with van der Waals surface area (Å²) in [5.74, 6) is 2.65. The van der Waals surface area contributed by atoms with Gasteiger partial charge in [-0.1, -0.05) is 19.6 Å². The summed E-state index contributed by atoms with van der Waals surface area (Å²) in [5, 5.41) is 0. The molecule has 0 aromatic heterocycles. The molecule has 0 rings (SSSR count). The van der Waals surface area contributed by atoms with Gasteiger partial charge in [-0.15, -0.1) is 0 Å². The van der Waals surface area contributed by atoms with E-state index in [1.165, 1.54) is 12.8 Å². The van der Waals surface area contributed by atoms with Crippen LogP contribution in [0.15, 0.2) is 0 Å². The van der Waals surface area contributed by atoms with Gasteiger partial charge in [0, 0.05) is 5.75 Å². The van der Waals surface area contributed by atoms with Crippen LogP contribution in [0.4, 0.5) is 0 Å². The molecule has 0 aliphatic rings. The van der Waals surface area contributed by atoms with Crippen LogP contribution in [-0.4, -0.2) is 11.5 Å². The predicted molar refractivity (Wildman–Crippen MR) is 44.7 cm³/mol. The molecule has 0 heterocycles. The van der Waals surface area contributed by atoms with Crippen LogP contribution in [0.5, 0.6) is 0 Å². The molecular weight excluding hydrogens is 136 g/mol. The lowest BCUT2D eigenvalue weighted by Gasteiger charge is -2.03. The van der Waals surface area contributed by atoms with Crippen LogP contribution in [0.2, 0.25) is 0 Å². The number of hydrogen-bond acceptors (Lipinski definition) is 1. The normalized spacial score (nSPS) is 13.9. The van der Waals surface area contributed by atoms with Crippen molar-refractivity contribution in [3.05, 3.63) is 0 Å². The molecule has 0 N–H and O–H groups in total. The van der Waals surface area contributed by atoms with Crippen molar-refractivity contribution in [2.75, 3.05) is 11.5 Å². The maximum absolute atomic E-state index is 4.79. The Balaban J connectivity index is 2.86. The van der Waals surface area contributed by atoms with Gasteiger partial charge in [0.05, 0.1) is 0 Å². The van der Waals surface area contributed by atoms with Gasteiger partial charge in [0.25, 0.3) is 0 Å². The average molecular weight is 149 g/mol. The van der Waals surface area contributed by atoms with Crippen LogP contribution in [0, 0.1) is 5.92 Å². The van der Waals surface area contributed by atoms with E-state index in [9.17, 15) is 0 Å². The standard InChI is InChI=1S/C6H13S2/c1-6(5-8)3-2-4-7/h6,8H,2-5H2,1H3. The van der Waals surface area contributed by atoms with Gasteiger partial charge in [-0.3, -0.25) is 0 Å². The topological polar surface area (TPSA) is 0 Å². The molecule has 1 atom stereocenters. The van der Waals surface area contributed by atoms with Gasteiger partial charge in [-0.2, -0.15) is 12.6 Å². The number of hydrogen-bond donors (Lipinski definition) is 1. The fourth-order valence-corrected chi connectivity index (χ4v) is 0.872. The molecule has 0 aromatic rings. The Labute approximate surface area is 62.9 Å². The number of thiol groups is 1. The molecule has 2 heteroatoms. The first-order valence-corrected chi connectivity index (χ1v) is 4.21.